The van der Waals surface area contributed by atoms with Gasteiger partial charge in [-0.05, 0) is 18.1 Å². The summed E-state index contributed by atoms with van der Waals surface area (Å²) in [6, 6.07) is 5.72. The molecule has 2 aliphatic rings. The highest BCUT2D eigenvalue weighted by Crippen LogP contribution is 2.58. The van der Waals surface area contributed by atoms with Gasteiger partial charge < -0.3 is 15.4 Å². The molecule has 1 heterocycles. The van der Waals surface area contributed by atoms with Gasteiger partial charge >= 0.3 is 0 Å². The summed E-state index contributed by atoms with van der Waals surface area (Å²) < 4.78 is 5.30. The summed E-state index contributed by atoms with van der Waals surface area (Å²) in [4.78, 5) is 13.9. The van der Waals surface area contributed by atoms with E-state index in [-0.39, 0.29) is 11.9 Å². The highest BCUT2D eigenvalue weighted by molar-refractivity contribution is 6.12. The second kappa shape index (κ2) is 2.77. The van der Waals surface area contributed by atoms with Gasteiger partial charge in [-0.3, -0.25) is 4.79 Å². The Bertz CT molecular complexity index is 486. The number of nitrogens with two attached hydrogens (primary N) is 1. The first kappa shape index (κ1) is 9.66. The van der Waals surface area contributed by atoms with Gasteiger partial charge in [0.25, 0.3) is 0 Å². The van der Waals surface area contributed by atoms with Crippen LogP contribution in [0.5, 0.6) is 5.75 Å². The van der Waals surface area contributed by atoms with Crippen LogP contribution < -0.4 is 15.4 Å². The van der Waals surface area contributed by atoms with Gasteiger partial charge in [-0.15, -0.1) is 0 Å². The molecule has 0 saturated heterocycles. The van der Waals surface area contributed by atoms with E-state index in [1.165, 1.54) is 0 Å². The van der Waals surface area contributed by atoms with Gasteiger partial charge in [-0.1, -0.05) is 12.1 Å². The van der Waals surface area contributed by atoms with Crippen molar-refractivity contribution in [1.82, 2.24) is 0 Å². The van der Waals surface area contributed by atoms with Crippen molar-refractivity contribution in [1.29, 1.82) is 0 Å². The molecule has 4 heteroatoms. The Morgan fingerprint density at radius 2 is 2.25 bits per heavy atom. The molecule has 1 amide bonds. The summed E-state index contributed by atoms with van der Waals surface area (Å²) in [5.74, 6) is 0.837. The van der Waals surface area contributed by atoms with Crippen LogP contribution in [0.1, 0.15) is 12.0 Å². The van der Waals surface area contributed by atoms with E-state index < -0.39 is 5.41 Å². The molecule has 1 spiro atoms. The van der Waals surface area contributed by atoms with E-state index in [1.54, 1.807) is 19.1 Å². The Kier molecular flexibility index (Phi) is 1.67. The number of likely N-dealkylation sites (N-methyl/N-ethyl adjacent to an activating group) is 1. The predicted octanol–water partition coefficient (Wildman–Crippen LogP) is 0.640. The molecule has 84 valence electrons. The molecule has 1 aromatic rings. The first-order chi connectivity index (χ1) is 7.63. The van der Waals surface area contributed by atoms with Crippen LogP contribution in [0.2, 0.25) is 0 Å². The maximum atomic E-state index is 12.2. The fourth-order valence-corrected chi connectivity index (χ4v) is 2.75. The van der Waals surface area contributed by atoms with Gasteiger partial charge in [0.1, 0.15) is 5.75 Å². The van der Waals surface area contributed by atoms with E-state index >= 15 is 0 Å². The number of nitrogens with zero attached hydrogens (tertiary/aromatic N) is 1. The molecule has 2 atom stereocenters. The van der Waals surface area contributed by atoms with E-state index in [2.05, 4.69) is 0 Å². The number of carbonyl (C=O) groups excluding carboxylic acids is 1. The summed E-state index contributed by atoms with van der Waals surface area (Å²) in [5.41, 5.74) is 7.37. The lowest BCUT2D eigenvalue weighted by Crippen LogP contribution is -2.32. The molecular formula is C12H14N2O2. The van der Waals surface area contributed by atoms with Crippen LogP contribution in [0.25, 0.3) is 0 Å². The van der Waals surface area contributed by atoms with Crippen molar-refractivity contribution >= 4 is 11.6 Å². The summed E-state index contributed by atoms with van der Waals surface area (Å²) in [5, 5.41) is 0. The predicted molar refractivity (Wildman–Crippen MR) is 60.7 cm³/mol. The lowest BCUT2D eigenvalue weighted by atomic mass is 9.97. The maximum Gasteiger partial charge on any atom is 0.239 e. The third-order valence-electron chi connectivity index (χ3n) is 3.74. The van der Waals surface area contributed by atoms with E-state index in [9.17, 15) is 4.79 Å². The number of anilines is 1. The monoisotopic (exact) mass is 218 g/mol. The molecular weight excluding hydrogens is 204 g/mol. The first-order valence-electron chi connectivity index (χ1n) is 5.34. The van der Waals surface area contributed by atoms with Gasteiger partial charge in [0.15, 0.2) is 0 Å². The van der Waals surface area contributed by atoms with Crippen molar-refractivity contribution in [2.45, 2.75) is 17.9 Å². The van der Waals surface area contributed by atoms with Gasteiger partial charge in [-0.2, -0.15) is 0 Å². The van der Waals surface area contributed by atoms with Crippen LogP contribution in [0, 0.1) is 0 Å². The molecule has 16 heavy (non-hydrogen) atoms. The topological polar surface area (TPSA) is 55.6 Å². The summed E-state index contributed by atoms with van der Waals surface area (Å²) in [7, 11) is 3.40. The normalized spacial score (nSPS) is 30.8. The summed E-state index contributed by atoms with van der Waals surface area (Å²) in [6.45, 7) is 0. The fourth-order valence-electron chi connectivity index (χ4n) is 2.75. The zero-order valence-corrected chi connectivity index (χ0v) is 9.36. The number of fused-ring (bicyclic) bond motifs is 2. The van der Waals surface area contributed by atoms with Crippen molar-refractivity contribution in [2.24, 2.45) is 5.73 Å². The van der Waals surface area contributed by atoms with Crippen LogP contribution in [-0.2, 0) is 10.2 Å². The molecule has 2 unspecified atom stereocenters. The van der Waals surface area contributed by atoms with Crippen LogP contribution >= 0.6 is 0 Å². The molecule has 0 aromatic heterocycles. The minimum atomic E-state index is -0.460. The Hall–Kier alpha value is -1.55. The zero-order chi connectivity index (χ0) is 11.5. The zero-order valence-electron chi connectivity index (χ0n) is 9.36. The van der Waals surface area contributed by atoms with Gasteiger partial charge in [0.05, 0.1) is 18.2 Å². The lowest BCUT2D eigenvalue weighted by molar-refractivity contribution is -0.120. The molecule has 1 aliphatic heterocycles. The SMILES string of the molecule is COc1cccc2c1N(C)C(=O)C21CC1N. The fraction of sp³-hybridized carbons (Fsp3) is 0.417. The van der Waals surface area contributed by atoms with Crippen molar-refractivity contribution in [3.63, 3.8) is 0 Å². The largest absolute Gasteiger partial charge is 0.495 e. The molecule has 2 N–H and O–H groups in total. The average Bonchev–Trinajstić information content (AvgIpc) is 2.93. The van der Waals surface area contributed by atoms with Gasteiger partial charge in [-0.25, -0.2) is 0 Å². The van der Waals surface area contributed by atoms with E-state index in [0.717, 1.165) is 23.4 Å². The number of methoxy groups -OCH3 is 1. The minimum Gasteiger partial charge on any atom is -0.495 e. The Morgan fingerprint density at radius 1 is 1.56 bits per heavy atom. The maximum absolute atomic E-state index is 12.2. The number of hydrogen-bond donors (Lipinski definition) is 1. The van der Waals surface area contributed by atoms with Gasteiger partial charge in [0.2, 0.25) is 5.91 Å². The van der Waals surface area contributed by atoms with Crippen molar-refractivity contribution < 1.29 is 9.53 Å². The van der Waals surface area contributed by atoms with Crippen LogP contribution in [-0.4, -0.2) is 26.1 Å². The second-order valence-electron chi connectivity index (χ2n) is 4.50. The highest BCUT2D eigenvalue weighted by Gasteiger charge is 2.65. The third kappa shape index (κ3) is 0.865. The van der Waals surface area contributed by atoms with Crippen LogP contribution in [0.15, 0.2) is 18.2 Å². The summed E-state index contributed by atoms with van der Waals surface area (Å²) >= 11 is 0. The molecule has 3 rings (SSSR count). The Labute approximate surface area is 94.0 Å². The van der Waals surface area contributed by atoms with Crippen molar-refractivity contribution in [3.8, 4) is 5.75 Å². The second-order valence-corrected chi connectivity index (χ2v) is 4.50. The number of hydrogen-bond acceptors (Lipinski definition) is 3. The lowest BCUT2D eigenvalue weighted by Gasteiger charge is -2.13. The minimum absolute atomic E-state index is 0.0455. The third-order valence-corrected chi connectivity index (χ3v) is 3.74. The number of para-hydroxylation sites is 1. The quantitative estimate of drug-likeness (QED) is 0.752. The molecule has 1 aromatic carbocycles. The molecule has 0 bridgehead atoms. The molecule has 0 radical (unpaired) electrons. The highest BCUT2D eigenvalue weighted by atomic mass is 16.5. The van der Waals surface area contributed by atoms with Gasteiger partial charge in [0, 0.05) is 13.1 Å². The molecule has 1 aliphatic carbocycles. The van der Waals surface area contributed by atoms with E-state index in [0.29, 0.717) is 0 Å². The van der Waals surface area contributed by atoms with Crippen molar-refractivity contribution in [3.05, 3.63) is 23.8 Å². The number of carbonyl (C=O) groups is 1. The van der Waals surface area contributed by atoms with Crippen molar-refractivity contribution in [2.75, 3.05) is 19.1 Å². The smallest absolute Gasteiger partial charge is 0.239 e. The number of amides is 1. The number of benzene rings is 1. The first-order valence-corrected chi connectivity index (χ1v) is 5.34. The Morgan fingerprint density at radius 3 is 2.81 bits per heavy atom. The van der Waals surface area contributed by atoms with E-state index in [4.69, 9.17) is 10.5 Å². The summed E-state index contributed by atoms with van der Waals surface area (Å²) in [6.07, 6.45) is 0.746. The molecule has 4 nitrogen and oxygen atoms in total. The molecule has 1 fully saturated rings. The molecule has 1 saturated carbocycles. The standard InChI is InChI=1S/C12H14N2O2/c1-14-10-7(4-3-5-8(10)16-2)12(11(14)15)6-9(12)13/h3-5,9H,6,13H2,1-2H3. The number of ether oxygens (including phenoxy) is 1. The number of rotatable bonds is 1. The Balaban J connectivity index is 2.25. The average molecular weight is 218 g/mol. The van der Waals surface area contributed by atoms with Crippen LogP contribution in [0.4, 0.5) is 5.69 Å². The van der Waals surface area contributed by atoms with E-state index in [1.807, 2.05) is 18.2 Å². The van der Waals surface area contributed by atoms with Crippen LogP contribution in [0.3, 0.4) is 0 Å².